The number of benzene rings is 1. The Morgan fingerprint density at radius 2 is 1.80 bits per heavy atom. The Morgan fingerprint density at radius 3 is 2.40 bits per heavy atom. The molecule has 2 unspecified atom stereocenters. The predicted molar refractivity (Wildman–Crippen MR) is 90.6 cm³/mol. The molecule has 0 aliphatic heterocycles. The number of ether oxygens (including phenoxy) is 1. The summed E-state index contributed by atoms with van der Waals surface area (Å²) in [5, 5.41) is 3.27. The lowest BCUT2D eigenvalue weighted by Crippen LogP contribution is -2.40. The second-order valence-electron chi connectivity index (χ2n) is 7.04. The van der Waals surface area contributed by atoms with Crippen molar-refractivity contribution in [3.8, 4) is 0 Å². The number of rotatable bonds is 8. The molecule has 0 radical (unpaired) electrons. The molecule has 0 fully saturated rings. The lowest BCUT2D eigenvalue weighted by atomic mass is 9.77. The maximum atomic E-state index is 14.9. The van der Waals surface area contributed by atoms with Crippen LogP contribution in [0.5, 0.6) is 0 Å². The highest BCUT2D eigenvalue weighted by atomic mass is 19.2. The van der Waals surface area contributed by atoms with Gasteiger partial charge in [0.1, 0.15) is 5.83 Å². The summed E-state index contributed by atoms with van der Waals surface area (Å²) in [5.74, 6) is -4.57. The molecule has 1 aliphatic carbocycles. The van der Waals surface area contributed by atoms with Crippen molar-refractivity contribution < 1.29 is 22.3 Å². The highest BCUT2D eigenvalue weighted by Gasteiger charge is 2.49. The topological polar surface area (TPSA) is 21.3 Å². The Labute approximate surface area is 146 Å². The van der Waals surface area contributed by atoms with Gasteiger partial charge in [0.25, 0.3) is 0 Å². The highest BCUT2D eigenvalue weighted by Crippen LogP contribution is 2.51. The molecule has 0 aromatic heterocycles. The van der Waals surface area contributed by atoms with Gasteiger partial charge in [0.15, 0.2) is 17.5 Å². The molecule has 1 N–H and O–H groups in total. The van der Waals surface area contributed by atoms with E-state index in [0.717, 1.165) is 6.07 Å². The second-order valence-corrected chi connectivity index (χ2v) is 7.04. The molecule has 2 rings (SSSR count). The van der Waals surface area contributed by atoms with Crippen LogP contribution in [0, 0.1) is 17.6 Å². The average molecular weight is 359 g/mol. The van der Waals surface area contributed by atoms with E-state index in [2.05, 4.69) is 5.32 Å². The lowest BCUT2D eigenvalue weighted by Gasteiger charge is -2.33. The van der Waals surface area contributed by atoms with Crippen molar-refractivity contribution in [3.05, 3.63) is 40.7 Å². The summed E-state index contributed by atoms with van der Waals surface area (Å²) in [6.07, 6.45) is 0.178. The third kappa shape index (κ3) is 3.75. The van der Waals surface area contributed by atoms with E-state index in [9.17, 15) is 17.6 Å². The van der Waals surface area contributed by atoms with Gasteiger partial charge in [0, 0.05) is 12.6 Å². The van der Waals surface area contributed by atoms with E-state index in [1.54, 1.807) is 6.92 Å². The van der Waals surface area contributed by atoms with Gasteiger partial charge in [-0.15, -0.1) is 0 Å². The van der Waals surface area contributed by atoms with E-state index in [4.69, 9.17) is 4.74 Å². The van der Waals surface area contributed by atoms with Crippen LogP contribution in [0.4, 0.5) is 17.6 Å². The Hall–Kier alpha value is -1.40. The molecule has 0 saturated heterocycles. The summed E-state index contributed by atoms with van der Waals surface area (Å²) in [6.45, 7) is 8.58. The van der Waals surface area contributed by atoms with Crippen LogP contribution >= 0.6 is 0 Å². The zero-order valence-corrected chi connectivity index (χ0v) is 15.1. The van der Waals surface area contributed by atoms with Gasteiger partial charge in [0.05, 0.1) is 17.6 Å². The SMILES string of the molecule is CCOCC1(CC(C)NCC(C)C)C(F)=C(F)c2c1ccc(F)c2F. The summed E-state index contributed by atoms with van der Waals surface area (Å²) in [6, 6.07) is 2.00. The first-order chi connectivity index (χ1) is 11.7. The maximum absolute atomic E-state index is 14.9. The first kappa shape index (κ1) is 19.9. The standard InChI is InChI=1S/C19H25F4NO/c1-5-25-10-19(8-12(4)24-9-11(2)3)13-6-7-14(20)16(21)15(13)17(22)18(19)23/h6-7,11-12,24H,5,8-10H2,1-4H3. The summed E-state index contributed by atoms with van der Waals surface area (Å²) in [7, 11) is 0. The van der Waals surface area contributed by atoms with Crippen LogP contribution in [0.25, 0.3) is 5.83 Å². The molecule has 2 nitrogen and oxygen atoms in total. The van der Waals surface area contributed by atoms with Gasteiger partial charge in [-0.3, -0.25) is 0 Å². The minimum absolute atomic E-state index is 0.105. The third-order valence-corrected chi connectivity index (χ3v) is 4.52. The Bertz CT molecular complexity index is 659. The van der Waals surface area contributed by atoms with Crippen molar-refractivity contribution >= 4 is 5.83 Å². The van der Waals surface area contributed by atoms with Crippen molar-refractivity contribution in [1.29, 1.82) is 0 Å². The van der Waals surface area contributed by atoms with E-state index in [1.165, 1.54) is 6.07 Å². The van der Waals surface area contributed by atoms with E-state index in [0.29, 0.717) is 19.1 Å². The van der Waals surface area contributed by atoms with Crippen LogP contribution in [-0.2, 0) is 10.2 Å². The fourth-order valence-corrected chi connectivity index (χ4v) is 3.31. The van der Waals surface area contributed by atoms with Gasteiger partial charge in [0.2, 0.25) is 0 Å². The summed E-state index contributed by atoms with van der Waals surface area (Å²) in [5.41, 5.74) is -1.96. The van der Waals surface area contributed by atoms with Gasteiger partial charge in [-0.25, -0.2) is 17.6 Å². The maximum Gasteiger partial charge on any atom is 0.169 e. The largest absolute Gasteiger partial charge is 0.380 e. The van der Waals surface area contributed by atoms with Gasteiger partial charge < -0.3 is 10.1 Å². The molecule has 25 heavy (non-hydrogen) atoms. The molecule has 0 spiro atoms. The Kier molecular flexibility index (Phi) is 6.27. The Balaban J connectivity index is 2.45. The van der Waals surface area contributed by atoms with Gasteiger partial charge in [-0.05, 0) is 44.4 Å². The number of fused-ring (bicyclic) bond motifs is 1. The molecular formula is C19H25F4NO. The van der Waals surface area contributed by atoms with E-state index < -0.39 is 34.3 Å². The van der Waals surface area contributed by atoms with Crippen LogP contribution in [0.1, 0.15) is 45.2 Å². The predicted octanol–water partition coefficient (Wildman–Crippen LogP) is 4.88. The van der Waals surface area contributed by atoms with Gasteiger partial charge in [-0.1, -0.05) is 19.9 Å². The van der Waals surface area contributed by atoms with Crippen molar-refractivity contribution in [3.63, 3.8) is 0 Å². The molecule has 1 aromatic carbocycles. The lowest BCUT2D eigenvalue weighted by molar-refractivity contribution is 0.0890. The average Bonchev–Trinajstić information content (AvgIpc) is 2.77. The fraction of sp³-hybridized carbons (Fsp3) is 0.579. The summed E-state index contributed by atoms with van der Waals surface area (Å²) >= 11 is 0. The first-order valence-corrected chi connectivity index (χ1v) is 8.60. The molecule has 140 valence electrons. The van der Waals surface area contributed by atoms with Crippen molar-refractivity contribution in [1.82, 2.24) is 5.32 Å². The van der Waals surface area contributed by atoms with Crippen LogP contribution < -0.4 is 5.32 Å². The van der Waals surface area contributed by atoms with E-state index >= 15 is 0 Å². The molecule has 0 saturated carbocycles. The molecule has 1 aliphatic rings. The first-order valence-electron chi connectivity index (χ1n) is 8.60. The van der Waals surface area contributed by atoms with E-state index in [-0.39, 0.29) is 24.6 Å². The highest BCUT2D eigenvalue weighted by molar-refractivity contribution is 5.75. The van der Waals surface area contributed by atoms with Crippen molar-refractivity contribution in [2.75, 3.05) is 19.8 Å². The molecule has 6 heteroatoms. The van der Waals surface area contributed by atoms with Gasteiger partial charge in [-0.2, -0.15) is 0 Å². The van der Waals surface area contributed by atoms with Crippen LogP contribution in [0.15, 0.2) is 18.0 Å². The fourth-order valence-electron chi connectivity index (χ4n) is 3.31. The number of nitrogens with one attached hydrogen (secondary N) is 1. The second kappa shape index (κ2) is 7.87. The minimum atomic E-state index is -1.45. The number of hydrogen-bond donors (Lipinski definition) is 1. The molecule has 0 heterocycles. The molecular weight excluding hydrogens is 334 g/mol. The van der Waals surface area contributed by atoms with Crippen LogP contribution in [0.3, 0.4) is 0 Å². The zero-order chi connectivity index (χ0) is 18.8. The normalized spacial score (nSPS) is 21.2. The third-order valence-electron chi connectivity index (χ3n) is 4.52. The van der Waals surface area contributed by atoms with E-state index in [1.807, 2.05) is 20.8 Å². The van der Waals surface area contributed by atoms with Crippen molar-refractivity contribution in [2.45, 2.75) is 45.6 Å². The van der Waals surface area contributed by atoms with Crippen LogP contribution in [-0.4, -0.2) is 25.8 Å². The summed E-state index contributed by atoms with van der Waals surface area (Å²) < 4.78 is 62.4. The molecule has 0 bridgehead atoms. The van der Waals surface area contributed by atoms with Gasteiger partial charge >= 0.3 is 0 Å². The minimum Gasteiger partial charge on any atom is -0.380 e. The molecule has 1 aromatic rings. The molecule has 2 atom stereocenters. The molecule has 0 amide bonds. The number of hydrogen-bond acceptors (Lipinski definition) is 2. The quantitative estimate of drug-likeness (QED) is 0.668. The monoisotopic (exact) mass is 359 g/mol. The number of halogens is 4. The zero-order valence-electron chi connectivity index (χ0n) is 15.1. The van der Waals surface area contributed by atoms with Crippen LogP contribution in [0.2, 0.25) is 0 Å². The van der Waals surface area contributed by atoms with Crippen molar-refractivity contribution in [2.24, 2.45) is 5.92 Å². The summed E-state index contributed by atoms with van der Waals surface area (Å²) in [4.78, 5) is 0. The smallest absolute Gasteiger partial charge is 0.169 e. The Morgan fingerprint density at radius 1 is 1.12 bits per heavy atom.